The molecule has 4 heterocycles. The molecule has 2 aliphatic rings. The molecule has 0 saturated carbocycles. The van der Waals surface area contributed by atoms with Gasteiger partial charge in [0.1, 0.15) is 11.9 Å². The smallest absolute Gasteiger partial charge is 0.341 e. The first-order valence-corrected chi connectivity index (χ1v) is 9.34. The third kappa shape index (κ3) is 3.42. The molecule has 0 N–H and O–H groups in total. The van der Waals surface area contributed by atoms with Crippen molar-refractivity contribution < 1.29 is 22.4 Å². The monoisotopic (exact) mass is 413 g/mol. The van der Waals surface area contributed by atoms with Crippen molar-refractivity contribution >= 4 is 5.91 Å². The number of alkyl halides is 3. The van der Waals surface area contributed by atoms with Gasteiger partial charge >= 0.3 is 11.9 Å². The Morgan fingerprint density at radius 1 is 1.31 bits per heavy atom. The SMILES string of the molecule is C[C@H]1CCN(C(=O)C2CCc3nn(Cc4ccnc(C(F)(F)F)c4F)c(=O)n32)C1. The molecule has 0 spiro atoms. The number of nitrogens with zero attached hydrogens (tertiary/aromatic N) is 5. The van der Waals surface area contributed by atoms with Crippen molar-refractivity contribution in [2.45, 2.75) is 44.9 Å². The number of aryl methyl sites for hydroxylation is 1. The van der Waals surface area contributed by atoms with E-state index in [0.717, 1.165) is 23.4 Å². The number of likely N-dealkylation sites (tertiary alicyclic amines) is 1. The van der Waals surface area contributed by atoms with Crippen LogP contribution in [0, 0.1) is 11.7 Å². The number of fused-ring (bicyclic) bond motifs is 1. The van der Waals surface area contributed by atoms with Crippen LogP contribution >= 0.6 is 0 Å². The minimum absolute atomic E-state index is 0.149. The van der Waals surface area contributed by atoms with E-state index in [-0.39, 0.29) is 11.5 Å². The standard InChI is InChI=1S/C18H19F4N5O2/c1-10-5-7-25(8-10)16(28)12-2-3-13-24-26(17(29)27(12)13)9-11-4-6-23-15(14(11)19)18(20,21)22/h4,6,10,12H,2-3,5,7-9H2,1H3/t10-,12?/m0/s1. The molecular formula is C18H19F4N5O2. The van der Waals surface area contributed by atoms with E-state index < -0.39 is 36.0 Å². The molecule has 1 fully saturated rings. The third-order valence-corrected chi connectivity index (χ3v) is 5.47. The fourth-order valence-electron chi connectivity index (χ4n) is 3.99. The van der Waals surface area contributed by atoms with Crippen molar-refractivity contribution in [3.63, 3.8) is 0 Å². The topological polar surface area (TPSA) is 73.0 Å². The summed E-state index contributed by atoms with van der Waals surface area (Å²) < 4.78 is 55.0. The lowest BCUT2D eigenvalue weighted by Gasteiger charge is -2.20. The summed E-state index contributed by atoms with van der Waals surface area (Å²) >= 11 is 0. The summed E-state index contributed by atoms with van der Waals surface area (Å²) in [6, 6.07) is 0.403. The Bertz CT molecular complexity index is 1010. The molecule has 4 rings (SSSR count). The van der Waals surface area contributed by atoms with Crippen LogP contribution < -0.4 is 5.69 Å². The minimum Gasteiger partial charge on any atom is -0.341 e. The molecule has 1 amide bonds. The molecule has 2 atom stereocenters. The molecule has 0 aliphatic carbocycles. The summed E-state index contributed by atoms with van der Waals surface area (Å²) in [6.07, 6.45) is -2.34. The predicted octanol–water partition coefficient (Wildman–Crippen LogP) is 2.00. The molecule has 156 valence electrons. The molecule has 1 saturated heterocycles. The van der Waals surface area contributed by atoms with E-state index in [2.05, 4.69) is 17.0 Å². The van der Waals surface area contributed by atoms with Gasteiger partial charge in [-0.1, -0.05) is 6.92 Å². The van der Waals surface area contributed by atoms with Crippen molar-refractivity contribution in [1.29, 1.82) is 0 Å². The van der Waals surface area contributed by atoms with Gasteiger partial charge in [-0.3, -0.25) is 9.36 Å². The normalized spacial score (nSPS) is 21.6. The molecule has 0 aromatic carbocycles. The van der Waals surface area contributed by atoms with Crippen molar-refractivity contribution in [2.24, 2.45) is 5.92 Å². The van der Waals surface area contributed by atoms with Gasteiger partial charge < -0.3 is 4.90 Å². The van der Waals surface area contributed by atoms with Gasteiger partial charge in [-0.15, -0.1) is 0 Å². The van der Waals surface area contributed by atoms with Gasteiger partial charge in [0.25, 0.3) is 0 Å². The van der Waals surface area contributed by atoms with Crippen molar-refractivity contribution in [3.05, 3.63) is 45.6 Å². The molecular weight excluding hydrogens is 394 g/mol. The maximum absolute atomic E-state index is 14.2. The van der Waals surface area contributed by atoms with Crippen LogP contribution in [0.15, 0.2) is 17.1 Å². The molecule has 29 heavy (non-hydrogen) atoms. The summed E-state index contributed by atoms with van der Waals surface area (Å²) in [6.45, 7) is 2.85. The Hall–Kier alpha value is -2.72. The lowest BCUT2D eigenvalue weighted by Crippen LogP contribution is -2.38. The van der Waals surface area contributed by atoms with Crippen LogP contribution in [-0.4, -0.2) is 43.2 Å². The second kappa shape index (κ2) is 6.96. The first kappa shape index (κ1) is 19.6. The molecule has 2 aromatic heterocycles. The summed E-state index contributed by atoms with van der Waals surface area (Å²) in [5.74, 6) is -0.897. The quantitative estimate of drug-likeness (QED) is 0.722. The first-order chi connectivity index (χ1) is 13.7. The van der Waals surface area contributed by atoms with Crippen LogP contribution in [0.1, 0.15) is 42.9 Å². The van der Waals surface area contributed by atoms with E-state index >= 15 is 0 Å². The number of carbonyl (C=O) groups is 1. The van der Waals surface area contributed by atoms with Crippen LogP contribution in [0.2, 0.25) is 0 Å². The van der Waals surface area contributed by atoms with Gasteiger partial charge in [0, 0.05) is 31.3 Å². The Morgan fingerprint density at radius 3 is 2.72 bits per heavy atom. The average molecular weight is 413 g/mol. The zero-order chi connectivity index (χ0) is 20.9. The molecule has 0 bridgehead atoms. The van der Waals surface area contributed by atoms with E-state index in [0.29, 0.717) is 37.7 Å². The van der Waals surface area contributed by atoms with E-state index in [4.69, 9.17) is 0 Å². The third-order valence-electron chi connectivity index (χ3n) is 5.47. The lowest BCUT2D eigenvalue weighted by molar-refractivity contribution is -0.143. The van der Waals surface area contributed by atoms with E-state index in [9.17, 15) is 27.2 Å². The molecule has 7 nitrogen and oxygen atoms in total. The van der Waals surface area contributed by atoms with Crippen molar-refractivity contribution in [2.75, 3.05) is 13.1 Å². The number of rotatable bonds is 3. The Balaban J connectivity index is 1.62. The molecule has 11 heteroatoms. The minimum atomic E-state index is -4.94. The summed E-state index contributed by atoms with van der Waals surface area (Å²) in [5, 5.41) is 4.12. The number of pyridine rings is 1. The lowest BCUT2D eigenvalue weighted by atomic mass is 10.1. The molecule has 1 unspecified atom stereocenters. The molecule has 2 aromatic rings. The zero-order valence-corrected chi connectivity index (χ0v) is 15.6. The zero-order valence-electron chi connectivity index (χ0n) is 15.6. The number of hydrogen-bond donors (Lipinski definition) is 0. The fraction of sp³-hybridized carbons (Fsp3) is 0.556. The fourth-order valence-corrected chi connectivity index (χ4v) is 3.99. The van der Waals surface area contributed by atoms with Gasteiger partial charge in [0.15, 0.2) is 11.5 Å². The van der Waals surface area contributed by atoms with Crippen molar-refractivity contribution in [3.8, 4) is 0 Å². The van der Waals surface area contributed by atoms with Crippen LogP contribution in [0.4, 0.5) is 17.6 Å². The van der Waals surface area contributed by atoms with E-state index in [1.165, 1.54) is 4.57 Å². The Labute approximate surface area is 162 Å². The average Bonchev–Trinajstić information content (AvgIpc) is 3.33. The van der Waals surface area contributed by atoms with Crippen LogP contribution in [0.3, 0.4) is 0 Å². The maximum Gasteiger partial charge on any atom is 0.436 e. The van der Waals surface area contributed by atoms with Crippen LogP contribution in [-0.2, 0) is 23.9 Å². The summed E-state index contributed by atoms with van der Waals surface area (Å²) in [5.41, 5.74) is -2.61. The Kier molecular flexibility index (Phi) is 4.70. The largest absolute Gasteiger partial charge is 0.436 e. The second-order valence-corrected chi connectivity index (χ2v) is 7.59. The van der Waals surface area contributed by atoms with Crippen LogP contribution in [0.5, 0.6) is 0 Å². The first-order valence-electron chi connectivity index (χ1n) is 9.34. The van der Waals surface area contributed by atoms with Gasteiger partial charge in [-0.25, -0.2) is 18.9 Å². The summed E-state index contributed by atoms with van der Waals surface area (Å²) in [4.78, 5) is 30.4. The predicted molar refractivity (Wildman–Crippen MR) is 92.5 cm³/mol. The van der Waals surface area contributed by atoms with Gasteiger partial charge in [-0.2, -0.15) is 18.3 Å². The van der Waals surface area contributed by atoms with Gasteiger partial charge in [0.05, 0.1) is 6.54 Å². The number of halogens is 4. The van der Waals surface area contributed by atoms with E-state index in [1.54, 1.807) is 4.90 Å². The highest BCUT2D eigenvalue weighted by molar-refractivity contribution is 5.81. The highest BCUT2D eigenvalue weighted by Crippen LogP contribution is 2.31. The van der Waals surface area contributed by atoms with Gasteiger partial charge in [0.2, 0.25) is 5.91 Å². The number of hydrogen-bond acceptors (Lipinski definition) is 4. The summed E-state index contributed by atoms with van der Waals surface area (Å²) in [7, 11) is 0. The highest BCUT2D eigenvalue weighted by Gasteiger charge is 2.38. The highest BCUT2D eigenvalue weighted by atomic mass is 19.4. The number of aromatic nitrogens is 4. The maximum atomic E-state index is 14.2. The second-order valence-electron chi connectivity index (χ2n) is 7.59. The van der Waals surface area contributed by atoms with E-state index in [1.807, 2.05) is 0 Å². The van der Waals surface area contributed by atoms with Crippen LogP contribution in [0.25, 0.3) is 0 Å². The molecule has 0 radical (unpaired) electrons. The van der Waals surface area contributed by atoms with Crippen molar-refractivity contribution in [1.82, 2.24) is 24.2 Å². The number of carbonyl (C=O) groups excluding carboxylic acids is 1. The number of amides is 1. The molecule has 2 aliphatic heterocycles. The Morgan fingerprint density at radius 2 is 2.07 bits per heavy atom. The van der Waals surface area contributed by atoms with Gasteiger partial charge in [-0.05, 0) is 24.8 Å².